The van der Waals surface area contributed by atoms with Crippen LogP contribution in [0.15, 0.2) is 31.1 Å². The molecule has 2 rings (SSSR count). The van der Waals surface area contributed by atoms with Gasteiger partial charge in [0.1, 0.15) is 6.33 Å². The third-order valence-electron chi connectivity index (χ3n) is 2.27. The van der Waals surface area contributed by atoms with Crippen LogP contribution in [-0.4, -0.2) is 33.5 Å². The molecule has 6 heteroatoms. The Balaban J connectivity index is 1.85. The van der Waals surface area contributed by atoms with Crippen molar-refractivity contribution in [3.63, 3.8) is 0 Å². The second kappa shape index (κ2) is 5.95. The molecule has 90 valence electrons. The summed E-state index contributed by atoms with van der Waals surface area (Å²) in [4.78, 5) is 7.91. The minimum absolute atomic E-state index is 0.660. The van der Waals surface area contributed by atoms with Crippen LogP contribution < -0.4 is 5.32 Å². The lowest BCUT2D eigenvalue weighted by molar-refractivity contribution is 0.183. The second-order valence-corrected chi connectivity index (χ2v) is 3.59. The molecule has 2 aromatic rings. The van der Waals surface area contributed by atoms with E-state index in [1.807, 2.05) is 10.9 Å². The minimum Gasteiger partial charge on any atom is -0.383 e. The minimum atomic E-state index is 0.660. The number of nitrogens with zero attached hydrogens (tertiary/aromatic N) is 4. The fraction of sp³-hybridized carbons (Fsp3) is 0.364. The highest BCUT2D eigenvalue weighted by Gasteiger charge is 1.98. The summed E-state index contributed by atoms with van der Waals surface area (Å²) in [6, 6.07) is 0. The van der Waals surface area contributed by atoms with Crippen LogP contribution in [0.2, 0.25) is 0 Å². The lowest BCUT2D eigenvalue weighted by Crippen LogP contribution is -2.04. The van der Waals surface area contributed by atoms with E-state index in [4.69, 9.17) is 4.74 Å². The zero-order valence-corrected chi connectivity index (χ0v) is 9.71. The number of ether oxygens (including phenoxy) is 1. The number of rotatable bonds is 6. The number of hydrogen-bond donors (Lipinski definition) is 1. The molecule has 0 aliphatic heterocycles. The van der Waals surface area contributed by atoms with Gasteiger partial charge in [-0.25, -0.2) is 9.97 Å². The van der Waals surface area contributed by atoms with Crippen molar-refractivity contribution in [1.29, 1.82) is 0 Å². The fourth-order valence-corrected chi connectivity index (χ4v) is 1.39. The van der Waals surface area contributed by atoms with Crippen molar-refractivity contribution in [2.24, 2.45) is 0 Å². The fourth-order valence-electron chi connectivity index (χ4n) is 1.39. The van der Waals surface area contributed by atoms with Gasteiger partial charge in [-0.3, -0.25) is 4.68 Å². The van der Waals surface area contributed by atoms with Gasteiger partial charge in [-0.1, -0.05) is 0 Å². The summed E-state index contributed by atoms with van der Waals surface area (Å²) in [5.41, 5.74) is 2.02. The molecule has 0 radical (unpaired) electrons. The molecule has 0 aliphatic carbocycles. The van der Waals surface area contributed by atoms with E-state index in [2.05, 4.69) is 20.4 Å². The van der Waals surface area contributed by atoms with E-state index in [1.54, 1.807) is 25.7 Å². The van der Waals surface area contributed by atoms with E-state index >= 15 is 0 Å². The Kier molecular flexibility index (Phi) is 4.04. The number of hydrogen-bond acceptors (Lipinski definition) is 5. The maximum atomic E-state index is 4.99. The van der Waals surface area contributed by atoms with Crippen molar-refractivity contribution in [1.82, 2.24) is 19.7 Å². The molecule has 1 N–H and O–H groups in total. The molecule has 0 unspecified atom stereocenters. The highest BCUT2D eigenvalue weighted by atomic mass is 16.5. The van der Waals surface area contributed by atoms with Gasteiger partial charge in [0.15, 0.2) is 0 Å². The van der Waals surface area contributed by atoms with Gasteiger partial charge in [0.2, 0.25) is 0 Å². The first-order chi connectivity index (χ1) is 8.38. The predicted molar refractivity (Wildman–Crippen MR) is 63.5 cm³/mol. The van der Waals surface area contributed by atoms with Crippen molar-refractivity contribution in [3.8, 4) is 0 Å². The van der Waals surface area contributed by atoms with Crippen LogP contribution >= 0.6 is 0 Å². The first-order valence-electron chi connectivity index (χ1n) is 5.37. The van der Waals surface area contributed by atoms with E-state index in [-0.39, 0.29) is 0 Å². The van der Waals surface area contributed by atoms with Gasteiger partial charge in [0.25, 0.3) is 0 Å². The first-order valence-corrected chi connectivity index (χ1v) is 5.37. The third-order valence-corrected chi connectivity index (χ3v) is 2.27. The zero-order chi connectivity index (χ0) is 11.9. The summed E-state index contributed by atoms with van der Waals surface area (Å²) in [6.07, 6.45) is 8.83. The Bertz CT molecular complexity index is 442. The summed E-state index contributed by atoms with van der Waals surface area (Å²) >= 11 is 0. The zero-order valence-electron chi connectivity index (χ0n) is 9.71. The molecule has 0 amide bonds. The molecule has 0 fully saturated rings. The molecule has 0 spiro atoms. The van der Waals surface area contributed by atoms with Crippen molar-refractivity contribution in [2.45, 2.75) is 13.1 Å². The van der Waals surface area contributed by atoms with Gasteiger partial charge >= 0.3 is 0 Å². The predicted octanol–water partition coefficient (Wildman–Crippen LogP) is 0.932. The molecule has 0 aliphatic rings. The lowest BCUT2D eigenvalue weighted by Gasteiger charge is -2.02. The monoisotopic (exact) mass is 233 g/mol. The van der Waals surface area contributed by atoms with E-state index in [0.717, 1.165) is 17.8 Å². The van der Waals surface area contributed by atoms with Gasteiger partial charge in [0, 0.05) is 37.8 Å². The molecule has 0 bridgehead atoms. The van der Waals surface area contributed by atoms with Crippen molar-refractivity contribution >= 4 is 5.69 Å². The van der Waals surface area contributed by atoms with Gasteiger partial charge in [-0.15, -0.1) is 0 Å². The topological polar surface area (TPSA) is 64.9 Å². The quantitative estimate of drug-likeness (QED) is 0.804. The van der Waals surface area contributed by atoms with Gasteiger partial charge < -0.3 is 10.1 Å². The van der Waals surface area contributed by atoms with Crippen LogP contribution in [0.4, 0.5) is 5.69 Å². The summed E-state index contributed by atoms with van der Waals surface area (Å²) in [6.45, 7) is 2.11. The second-order valence-electron chi connectivity index (χ2n) is 3.59. The molecule has 0 saturated carbocycles. The Morgan fingerprint density at radius 2 is 2.12 bits per heavy atom. The maximum absolute atomic E-state index is 4.99. The van der Waals surface area contributed by atoms with Crippen molar-refractivity contribution < 1.29 is 4.74 Å². The van der Waals surface area contributed by atoms with Crippen LogP contribution in [0.3, 0.4) is 0 Å². The Hall–Kier alpha value is -1.95. The number of methoxy groups -OCH3 is 1. The van der Waals surface area contributed by atoms with Crippen molar-refractivity contribution in [3.05, 3.63) is 36.7 Å². The van der Waals surface area contributed by atoms with E-state index < -0.39 is 0 Å². The average Bonchev–Trinajstić information content (AvgIpc) is 2.83. The van der Waals surface area contributed by atoms with E-state index in [0.29, 0.717) is 13.2 Å². The summed E-state index contributed by atoms with van der Waals surface area (Å²) in [5.74, 6) is 0. The average molecular weight is 233 g/mol. The molecule has 6 nitrogen and oxygen atoms in total. The largest absolute Gasteiger partial charge is 0.383 e. The SMILES string of the molecule is COCCn1cc(NCc2cncnc2)cn1. The molecular formula is C11H15N5O. The molecular weight excluding hydrogens is 218 g/mol. The molecule has 17 heavy (non-hydrogen) atoms. The van der Waals surface area contributed by atoms with Crippen LogP contribution in [0.25, 0.3) is 0 Å². The molecule has 2 heterocycles. The van der Waals surface area contributed by atoms with Crippen LogP contribution in [0.1, 0.15) is 5.56 Å². The smallest absolute Gasteiger partial charge is 0.115 e. The summed E-state index contributed by atoms with van der Waals surface area (Å²) in [7, 11) is 1.68. The van der Waals surface area contributed by atoms with Gasteiger partial charge in [0.05, 0.1) is 25.0 Å². The third kappa shape index (κ3) is 3.53. The van der Waals surface area contributed by atoms with E-state index in [1.165, 1.54) is 6.33 Å². The number of aromatic nitrogens is 4. The molecule has 0 atom stereocenters. The first kappa shape index (κ1) is 11.5. The standard InChI is InChI=1S/C11H15N5O/c1-17-3-2-16-8-11(7-15-16)14-6-10-4-12-9-13-5-10/h4-5,7-9,14H,2-3,6H2,1H3. The lowest BCUT2D eigenvalue weighted by atomic mass is 10.3. The van der Waals surface area contributed by atoms with Gasteiger partial charge in [-0.2, -0.15) is 5.10 Å². The molecule has 2 aromatic heterocycles. The summed E-state index contributed by atoms with van der Waals surface area (Å²) in [5, 5.41) is 7.46. The Labute approximate surface area is 99.7 Å². The summed E-state index contributed by atoms with van der Waals surface area (Å²) < 4.78 is 6.83. The Morgan fingerprint density at radius 3 is 2.88 bits per heavy atom. The van der Waals surface area contributed by atoms with Crippen LogP contribution in [-0.2, 0) is 17.8 Å². The Morgan fingerprint density at radius 1 is 1.29 bits per heavy atom. The van der Waals surface area contributed by atoms with Crippen molar-refractivity contribution in [2.75, 3.05) is 19.0 Å². The molecule has 0 aromatic carbocycles. The normalized spacial score (nSPS) is 10.4. The van der Waals surface area contributed by atoms with Crippen LogP contribution in [0, 0.1) is 0 Å². The van der Waals surface area contributed by atoms with Crippen LogP contribution in [0.5, 0.6) is 0 Å². The number of nitrogens with one attached hydrogen (secondary N) is 1. The molecule has 0 saturated heterocycles. The maximum Gasteiger partial charge on any atom is 0.115 e. The highest BCUT2D eigenvalue weighted by molar-refractivity contribution is 5.38. The highest BCUT2D eigenvalue weighted by Crippen LogP contribution is 2.06. The van der Waals surface area contributed by atoms with E-state index in [9.17, 15) is 0 Å². The number of anilines is 1. The van der Waals surface area contributed by atoms with Gasteiger partial charge in [-0.05, 0) is 0 Å².